The number of benzene rings is 1. The fraction of sp³-hybridized carbons (Fsp3) is 0.480. The Morgan fingerprint density at radius 3 is 2.58 bits per heavy atom. The summed E-state index contributed by atoms with van der Waals surface area (Å²) >= 11 is 0. The largest absolute Gasteiger partial charge is 0.497 e. The summed E-state index contributed by atoms with van der Waals surface area (Å²) in [7, 11) is 1.56. The van der Waals surface area contributed by atoms with Crippen LogP contribution in [0.1, 0.15) is 62.5 Å². The summed E-state index contributed by atoms with van der Waals surface area (Å²) in [5, 5.41) is 4.13. The second-order valence-electron chi connectivity index (χ2n) is 10.5. The molecule has 1 aromatic carbocycles. The Morgan fingerprint density at radius 1 is 1.18 bits per heavy atom. The molecule has 2 atom stereocenters. The lowest BCUT2D eigenvalue weighted by Crippen LogP contribution is -2.37. The predicted molar refractivity (Wildman–Crippen MR) is 120 cm³/mol. The lowest BCUT2D eigenvalue weighted by molar-refractivity contribution is 0.0709. The highest BCUT2D eigenvalue weighted by Crippen LogP contribution is 2.52. The molecular formula is C25H28F2N4O2. The third-order valence-corrected chi connectivity index (χ3v) is 7.01. The first-order valence-electron chi connectivity index (χ1n) is 11.2. The van der Waals surface area contributed by atoms with Gasteiger partial charge in [-0.25, -0.2) is 18.3 Å². The van der Waals surface area contributed by atoms with Gasteiger partial charge in [0.05, 0.1) is 19.0 Å². The zero-order valence-corrected chi connectivity index (χ0v) is 19.3. The molecule has 0 radical (unpaired) electrons. The van der Waals surface area contributed by atoms with Crippen molar-refractivity contribution in [3.63, 3.8) is 0 Å². The molecule has 5 rings (SSSR count). The molecule has 3 aromatic rings. The van der Waals surface area contributed by atoms with Crippen LogP contribution in [-0.2, 0) is 0 Å². The summed E-state index contributed by atoms with van der Waals surface area (Å²) in [6.07, 6.45) is 1.57. The standard InChI is InChI=1S/C25H28F2N4O2/c1-24(2)10-16-11-25(3,13-24)14-30(16)23(32)18-12-28-31-20(21(26)27)9-19(29-22(18)31)15-5-7-17(33-4)8-6-15/h5-9,12,16,21H,10-11,13-14H2,1-4H3/t16-,25-/m0/s1. The normalized spacial score (nSPS) is 24.0. The molecule has 0 N–H and O–H groups in total. The van der Waals surface area contributed by atoms with Gasteiger partial charge in [0.1, 0.15) is 17.0 Å². The quantitative estimate of drug-likeness (QED) is 0.531. The molecule has 2 bridgehead atoms. The van der Waals surface area contributed by atoms with Crippen LogP contribution in [0.25, 0.3) is 16.9 Å². The van der Waals surface area contributed by atoms with Crippen LogP contribution in [0.2, 0.25) is 0 Å². The summed E-state index contributed by atoms with van der Waals surface area (Å²) in [6, 6.07) is 8.49. The van der Waals surface area contributed by atoms with Crippen molar-refractivity contribution in [1.29, 1.82) is 0 Å². The Hall–Kier alpha value is -3.03. The van der Waals surface area contributed by atoms with Gasteiger partial charge >= 0.3 is 0 Å². The zero-order chi connectivity index (χ0) is 23.5. The summed E-state index contributed by atoms with van der Waals surface area (Å²) < 4.78 is 34.1. The molecule has 0 unspecified atom stereocenters. The zero-order valence-electron chi connectivity index (χ0n) is 19.3. The molecule has 1 amide bonds. The number of alkyl halides is 2. The molecule has 2 aromatic heterocycles. The van der Waals surface area contributed by atoms with Gasteiger partial charge in [0.25, 0.3) is 12.3 Å². The van der Waals surface area contributed by atoms with E-state index >= 15 is 0 Å². The Bertz CT molecular complexity index is 1220. The fourth-order valence-corrected chi connectivity index (χ4v) is 6.05. The lowest BCUT2D eigenvalue weighted by Gasteiger charge is -2.39. The van der Waals surface area contributed by atoms with E-state index < -0.39 is 6.43 Å². The highest BCUT2D eigenvalue weighted by Gasteiger charge is 2.51. The van der Waals surface area contributed by atoms with E-state index in [9.17, 15) is 13.6 Å². The van der Waals surface area contributed by atoms with Crippen molar-refractivity contribution < 1.29 is 18.3 Å². The maximum absolute atomic E-state index is 13.9. The van der Waals surface area contributed by atoms with Crippen molar-refractivity contribution in [3.8, 4) is 17.0 Å². The first-order valence-corrected chi connectivity index (χ1v) is 11.2. The van der Waals surface area contributed by atoms with Gasteiger partial charge in [-0.3, -0.25) is 4.79 Å². The van der Waals surface area contributed by atoms with Crippen LogP contribution in [0.15, 0.2) is 36.5 Å². The number of rotatable bonds is 4. The Kier molecular flexibility index (Phi) is 4.95. The number of methoxy groups -OCH3 is 1. The third-order valence-electron chi connectivity index (χ3n) is 7.01. The van der Waals surface area contributed by atoms with Crippen molar-refractivity contribution in [2.45, 2.75) is 52.5 Å². The van der Waals surface area contributed by atoms with Crippen molar-refractivity contribution in [1.82, 2.24) is 19.5 Å². The van der Waals surface area contributed by atoms with Crippen LogP contribution in [-0.4, -0.2) is 45.1 Å². The second kappa shape index (κ2) is 7.50. The van der Waals surface area contributed by atoms with Gasteiger partial charge in [-0.15, -0.1) is 0 Å². The maximum atomic E-state index is 13.9. The average Bonchev–Trinajstić information content (AvgIpc) is 3.29. The van der Waals surface area contributed by atoms with Crippen LogP contribution in [0.3, 0.4) is 0 Å². The molecule has 1 aliphatic heterocycles. The topological polar surface area (TPSA) is 59.7 Å². The molecule has 3 heterocycles. The number of carbonyl (C=O) groups excluding carboxylic acids is 1. The van der Waals surface area contributed by atoms with Gasteiger partial charge in [-0.2, -0.15) is 5.10 Å². The SMILES string of the molecule is COc1ccc(-c2cc(C(F)F)n3ncc(C(=O)N4C[C@@]5(C)C[C@@H]4CC(C)(C)C5)c3n2)cc1. The van der Waals surface area contributed by atoms with Gasteiger partial charge in [0, 0.05) is 18.2 Å². The smallest absolute Gasteiger partial charge is 0.280 e. The number of carbonyl (C=O) groups is 1. The molecule has 2 fully saturated rings. The van der Waals surface area contributed by atoms with E-state index in [0.717, 1.165) is 23.8 Å². The summed E-state index contributed by atoms with van der Waals surface area (Å²) in [5.74, 6) is 0.474. The molecule has 0 spiro atoms. The van der Waals surface area contributed by atoms with E-state index in [1.54, 1.807) is 31.4 Å². The van der Waals surface area contributed by atoms with Gasteiger partial charge in [-0.1, -0.05) is 20.8 Å². The van der Waals surface area contributed by atoms with Crippen molar-refractivity contribution >= 4 is 11.6 Å². The number of ether oxygens (including phenoxy) is 1. The summed E-state index contributed by atoms with van der Waals surface area (Å²) in [5.41, 5.74) is 1.39. The molecule has 1 aliphatic carbocycles. The summed E-state index contributed by atoms with van der Waals surface area (Å²) in [4.78, 5) is 20.2. The lowest BCUT2D eigenvalue weighted by atomic mass is 9.65. The molecular weight excluding hydrogens is 426 g/mol. The minimum atomic E-state index is -2.76. The molecule has 6 nitrogen and oxygen atoms in total. The Labute approximate surface area is 191 Å². The molecule has 8 heteroatoms. The van der Waals surface area contributed by atoms with Gasteiger partial charge < -0.3 is 9.64 Å². The fourth-order valence-electron chi connectivity index (χ4n) is 6.05. The van der Waals surface area contributed by atoms with E-state index in [2.05, 4.69) is 30.9 Å². The van der Waals surface area contributed by atoms with Crippen molar-refractivity contribution in [2.24, 2.45) is 10.8 Å². The minimum Gasteiger partial charge on any atom is -0.497 e. The molecule has 33 heavy (non-hydrogen) atoms. The van der Waals surface area contributed by atoms with Crippen LogP contribution >= 0.6 is 0 Å². The van der Waals surface area contributed by atoms with Gasteiger partial charge in [0.15, 0.2) is 5.65 Å². The van der Waals surface area contributed by atoms with Crippen LogP contribution in [0.4, 0.5) is 8.78 Å². The van der Waals surface area contributed by atoms with Crippen molar-refractivity contribution in [3.05, 3.63) is 47.8 Å². The summed E-state index contributed by atoms with van der Waals surface area (Å²) in [6.45, 7) is 7.40. The minimum absolute atomic E-state index is 0.0703. The van der Waals surface area contributed by atoms with Gasteiger partial charge in [-0.05, 0) is 60.4 Å². The number of aromatic nitrogens is 3. The second-order valence-corrected chi connectivity index (χ2v) is 10.5. The highest BCUT2D eigenvalue weighted by molar-refractivity contribution is 6.00. The number of hydrogen-bond donors (Lipinski definition) is 0. The first kappa shape index (κ1) is 21.8. The third kappa shape index (κ3) is 3.75. The van der Waals surface area contributed by atoms with Crippen LogP contribution in [0.5, 0.6) is 5.75 Å². The molecule has 1 saturated carbocycles. The molecule has 174 valence electrons. The van der Waals surface area contributed by atoms with Crippen LogP contribution in [0, 0.1) is 10.8 Å². The van der Waals surface area contributed by atoms with E-state index in [4.69, 9.17) is 4.74 Å². The highest BCUT2D eigenvalue weighted by atomic mass is 19.3. The van der Waals surface area contributed by atoms with E-state index in [1.165, 1.54) is 12.3 Å². The Morgan fingerprint density at radius 2 is 1.91 bits per heavy atom. The first-order chi connectivity index (χ1) is 15.6. The van der Waals surface area contributed by atoms with Crippen molar-refractivity contribution in [2.75, 3.05) is 13.7 Å². The molecule has 2 aliphatic rings. The number of fused-ring (bicyclic) bond motifs is 3. The number of hydrogen-bond acceptors (Lipinski definition) is 4. The number of likely N-dealkylation sites (tertiary alicyclic amines) is 1. The molecule has 1 saturated heterocycles. The maximum Gasteiger partial charge on any atom is 0.280 e. The Balaban J connectivity index is 1.58. The average molecular weight is 455 g/mol. The van der Waals surface area contributed by atoms with E-state index in [1.807, 2.05) is 4.90 Å². The number of amides is 1. The monoisotopic (exact) mass is 454 g/mol. The van der Waals surface area contributed by atoms with E-state index in [0.29, 0.717) is 23.6 Å². The van der Waals surface area contributed by atoms with Crippen LogP contribution < -0.4 is 4.74 Å². The number of halogens is 2. The van der Waals surface area contributed by atoms with E-state index in [-0.39, 0.29) is 39.7 Å². The van der Waals surface area contributed by atoms with Gasteiger partial charge in [0.2, 0.25) is 0 Å². The predicted octanol–water partition coefficient (Wildman–Crippen LogP) is 5.38. The number of nitrogens with zero attached hydrogens (tertiary/aromatic N) is 4.